The Morgan fingerprint density at radius 2 is 1.71 bits per heavy atom. The van der Waals surface area contributed by atoms with Crippen LogP contribution in [0.2, 0.25) is 5.02 Å². The summed E-state index contributed by atoms with van der Waals surface area (Å²) in [6, 6.07) is 7.87. The van der Waals surface area contributed by atoms with Crippen LogP contribution in [0.15, 0.2) is 41.3 Å². The predicted octanol–water partition coefficient (Wildman–Crippen LogP) is 5.11. The number of rotatable bonds is 3. The van der Waals surface area contributed by atoms with Crippen LogP contribution in [0.1, 0.15) is 36.1 Å². The molecule has 1 aliphatic rings. The largest absolute Gasteiger partial charge is 0.223 e. The summed E-state index contributed by atoms with van der Waals surface area (Å²) in [5, 5.41) is -0.662. The third-order valence-corrected chi connectivity index (χ3v) is 7.20. The van der Waals surface area contributed by atoms with E-state index in [0.29, 0.717) is 24.3 Å². The molecule has 24 heavy (non-hydrogen) atoms. The first-order chi connectivity index (χ1) is 11.4. The molecule has 128 valence electrons. The number of hydrogen-bond acceptors (Lipinski definition) is 2. The Labute approximate surface area is 145 Å². The number of halogens is 3. The van der Waals surface area contributed by atoms with E-state index < -0.39 is 26.7 Å². The third-order valence-electron chi connectivity index (χ3n) is 4.73. The van der Waals surface area contributed by atoms with Crippen LogP contribution in [0, 0.1) is 17.6 Å². The van der Waals surface area contributed by atoms with Gasteiger partial charge in [0.05, 0.1) is 10.1 Å². The summed E-state index contributed by atoms with van der Waals surface area (Å²) in [4.78, 5) is 0.0758. The van der Waals surface area contributed by atoms with Crippen LogP contribution in [0.3, 0.4) is 0 Å². The fraction of sp³-hybridized carbons (Fsp3) is 0.333. The molecule has 2 aromatic rings. The average molecular weight is 371 g/mol. The van der Waals surface area contributed by atoms with E-state index in [1.54, 1.807) is 0 Å². The standard InChI is InChI=1S/C18H17ClF2O2S/c1-2-11-3-8-14-15(20)9-10-16(21)17(14)18(11)24(22,23)13-6-4-12(19)5-7-13/h4-7,9-11,18H,2-3,8H2,1H3. The van der Waals surface area contributed by atoms with Crippen molar-refractivity contribution in [1.82, 2.24) is 0 Å². The molecule has 0 spiro atoms. The molecule has 2 atom stereocenters. The van der Waals surface area contributed by atoms with Crippen molar-refractivity contribution < 1.29 is 17.2 Å². The minimum atomic E-state index is -3.86. The second kappa shape index (κ2) is 6.45. The molecule has 0 heterocycles. The SMILES string of the molecule is CCC1CCc2c(F)ccc(F)c2C1S(=O)(=O)c1ccc(Cl)cc1. The Bertz CT molecular complexity index is 863. The van der Waals surface area contributed by atoms with E-state index >= 15 is 0 Å². The molecular formula is C18H17ClF2O2S. The fourth-order valence-corrected chi connectivity index (χ4v) is 5.82. The molecule has 0 saturated carbocycles. The normalized spacial score (nSPS) is 20.7. The van der Waals surface area contributed by atoms with Gasteiger partial charge >= 0.3 is 0 Å². The van der Waals surface area contributed by atoms with Gasteiger partial charge < -0.3 is 0 Å². The first-order valence-corrected chi connectivity index (χ1v) is 9.75. The van der Waals surface area contributed by atoms with Crippen LogP contribution < -0.4 is 0 Å². The van der Waals surface area contributed by atoms with E-state index in [2.05, 4.69) is 0 Å². The highest BCUT2D eigenvalue weighted by Crippen LogP contribution is 2.45. The van der Waals surface area contributed by atoms with Gasteiger partial charge in [-0.05, 0) is 60.7 Å². The number of sulfone groups is 1. The van der Waals surface area contributed by atoms with Gasteiger partial charge in [0.25, 0.3) is 0 Å². The van der Waals surface area contributed by atoms with Crippen molar-refractivity contribution in [2.45, 2.75) is 36.3 Å². The lowest BCUT2D eigenvalue weighted by molar-refractivity contribution is 0.396. The molecule has 0 aliphatic heterocycles. The molecule has 0 N–H and O–H groups in total. The van der Waals surface area contributed by atoms with Gasteiger partial charge in [0.1, 0.15) is 11.6 Å². The second-order valence-electron chi connectivity index (χ2n) is 6.05. The zero-order valence-corrected chi connectivity index (χ0v) is 14.7. The van der Waals surface area contributed by atoms with Gasteiger partial charge in [0, 0.05) is 10.6 Å². The molecular weight excluding hydrogens is 354 g/mol. The summed E-state index contributed by atoms with van der Waals surface area (Å²) < 4.78 is 54.9. The van der Waals surface area contributed by atoms with E-state index in [1.165, 1.54) is 24.3 Å². The summed E-state index contributed by atoms with van der Waals surface area (Å²) in [7, 11) is -3.86. The minimum Gasteiger partial charge on any atom is -0.223 e. The highest BCUT2D eigenvalue weighted by molar-refractivity contribution is 7.91. The van der Waals surface area contributed by atoms with Crippen LogP contribution in [-0.2, 0) is 16.3 Å². The lowest BCUT2D eigenvalue weighted by atomic mass is 9.81. The third kappa shape index (κ3) is 2.84. The molecule has 2 nitrogen and oxygen atoms in total. The zero-order chi connectivity index (χ0) is 17.5. The van der Waals surface area contributed by atoms with Crippen molar-refractivity contribution >= 4 is 21.4 Å². The molecule has 1 aliphatic carbocycles. The van der Waals surface area contributed by atoms with E-state index in [4.69, 9.17) is 11.6 Å². The number of fused-ring (bicyclic) bond motifs is 1. The molecule has 0 radical (unpaired) electrons. The first kappa shape index (κ1) is 17.4. The van der Waals surface area contributed by atoms with Crippen LogP contribution >= 0.6 is 11.6 Å². The molecule has 2 unspecified atom stereocenters. The molecule has 3 rings (SSSR count). The molecule has 6 heteroatoms. The minimum absolute atomic E-state index is 0.0111. The van der Waals surface area contributed by atoms with E-state index in [1.807, 2.05) is 6.92 Å². The highest BCUT2D eigenvalue weighted by atomic mass is 35.5. The molecule has 0 aromatic heterocycles. The van der Waals surface area contributed by atoms with Crippen LogP contribution in [0.5, 0.6) is 0 Å². The Morgan fingerprint density at radius 3 is 2.33 bits per heavy atom. The van der Waals surface area contributed by atoms with Crippen molar-refractivity contribution in [2.24, 2.45) is 5.92 Å². The van der Waals surface area contributed by atoms with Gasteiger partial charge in [-0.2, -0.15) is 0 Å². The van der Waals surface area contributed by atoms with Crippen LogP contribution in [-0.4, -0.2) is 8.42 Å². The number of hydrogen-bond donors (Lipinski definition) is 0. The van der Waals surface area contributed by atoms with Crippen molar-refractivity contribution in [3.8, 4) is 0 Å². The maximum absolute atomic E-state index is 14.5. The molecule has 0 bridgehead atoms. The fourth-order valence-electron chi connectivity index (χ4n) is 3.49. The number of benzene rings is 2. The second-order valence-corrected chi connectivity index (χ2v) is 8.55. The summed E-state index contributed by atoms with van der Waals surface area (Å²) in [6.07, 6.45) is 1.44. The Hall–Kier alpha value is -1.46. The summed E-state index contributed by atoms with van der Waals surface area (Å²) in [5.74, 6) is -1.46. The molecule has 0 saturated heterocycles. The van der Waals surface area contributed by atoms with Gasteiger partial charge in [-0.1, -0.05) is 24.9 Å². The first-order valence-electron chi connectivity index (χ1n) is 7.82. The van der Waals surface area contributed by atoms with Gasteiger partial charge in [0.15, 0.2) is 9.84 Å². The van der Waals surface area contributed by atoms with Gasteiger partial charge in [0.2, 0.25) is 0 Å². The van der Waals surface area contributed by atoms with Crippen molar-refractivity contribution in [2.75, 3.05) is 0 Å². The maximum Gasteiger partial charge on any atom is 0.185 e. The Balaban J connectivity index is 2.22. The summed E-state index contributed by atoms with van der Waals surface area (Å²) >= 11 is 5.83. The lowest BCUT2D eigenvalue weighted by Crippen LogP contribution is -2.29. The Morgan fingerprint density at radius 1 is 1.08 bits per heavy atom. The predicted molar refractivity (Wildman–Crippen MR) is 89.8 cm³/mol. The Kier molecular flexibility index (Phi) is 4.67. The summed E-state index contributed by atoms with van der Waals surface area (Å²) in [6.45, 7) is 1.87. The van der Waals surface area contributed by atoms with Crippen LogP contribution in [0.4, 0.5) is 8.78 Å². The van der Waals surface area contributed by atoms with Gasteiger partial charge in [-0.3, -0.25) is 0 Å². The smallest absolute Gasteiger partial charge is 0.185 e. The molecule has 0 amide bonds. The van der Waals surface area contributed by atoms with Crippen molar-refractivity contribution in [3.63, 3.8) is 0 Å². The quantitative estimate of drug-likeness (QED) is 0.752. The van der Waals surface area contributed by atoms with Crippen molar-refractivity contribution in [3.05, 3.63) is 64.2 Å². The lowest BCUT2D eigenvalue weighted by Gasteiger charge is -2.33. The maximum atomic E-state index is 14.5. The van der Waals surface area contributed by atoms with Crippen molar-refractivity contribution in [1.29, 1.82) is 0 Å². The van der Waals surface area contributed by atoms with Crippen LogP contribution in [0.25, 0.3) is 0 Å². The zero-order valence-electron chi connectivity index (χ0n) is 13.1. The van der Waals surface area contributed by atoms with Gasteiger partial charge in [-0.15, -0.1) is 0 Å². The monoisotopic (exact) mass is 370 g/mol. The molecule has 0 fully saturated rings. The van der Waals surface area contributed by atoms with Gasteiger partial charge in [-0.25, -0.2) is 17.2 Å². The van der Waals surface area contributed by atoms with E-state index in [9.17, 15) is 17.2 Å². The van der Waals surface area contributed by atoms with E-state index in [-0.39, 0.29) is 21.9 Å². The topological polar surface area (TPSA) is 34.1 Å². The summed E-state index contributed by atoms with van der Waals surface area (Å²) in [5.41, 5.74) is 0.172. The average Bonchev–Trinajstić information content (AvgIpc) is 2.57. The van der Waals surface area contributed by atoms with E-state index in [0.717, 1.165) is 12.1 Å². The highest BCUT2D eigenvalue weighted by Gasteiger charge is 2.41. The molecule has 2 aromatic carbocycles.